The zero-order valence-electron chi connectivity index (χ0n) is 13.4. The molecule has 1 N–H and O–H groups in total. The summed E-state index contributed by atoms with van der Waals surface area (Å²) in [6.07, 6.45) is 5.12. The van der Waals surface area contributed by atoms with Crippen molar-refractivity contribution in [3.05, 3.63) is 41.2 Å². The number of ether oxygens (including phenoxy) is 2. The van der Waals surface area contributed by atoms with Crippen LogP contribution in [0.25, 0.3) is 0 Å². The molecule has 0 fully saturated rings. The Kier molecular flexibility index (Phi) is 4.34. The summed E-state index contributed by atoms with van der Waals surface area (Å²) in [6.45, 7) is 6.64. The predicted molar refractivity (Wildman–Crippen MR) is 85.5 cm³/mol. The Labute approximate surface area is 131 Å². The smallest absolute Gasteiger partial charge is 0.127 e. The van der Waals surface area contributed by atoms with Crippen LogP contribution in [0.2, 0.25) is 0 Å². The first-order valence-corrected chi connectivity index (χ1v) is 7.72. The fraction of sp³-hybridized carbons (Fsp3) is 0.471. The fourth-order valence-corrected chi connectivity index (χ4v) is 2.83. The fourth-order valence-electron chi connectivity index (χ4n) is 2.83. The van der Waals surface area contributed by atoms with E-state index in [2.05, 4.69) is 42.6 Å². The molecule has 1 atom stereocenters. The van der Waals surface area contributed by atoms with Crippen LogP contribution < -0.4 is 14.8 Å². The molecule has 118 valence electrons. The number of nitrogens with zero attached hydrogens (tertiary/aromatic N) is 2. The van der Waals surface area contributed by atoms with Crippen molar-refractivity contribution in [2.45, 2.75) is 39.5 Å². The number of fused-ring (bicyclic) bond motifs is 1. The summed E-state index contributed by atoms with van der Waals surface area (Å²) < 4.78 is 13.3. The molecule has 3 rings (SSSR count). The molecule has 2 aromatic rings. The van der Waals surface area contributed by atoms with Gasteiger partial charge in [0.2, 0.25) is 0 Å². The van der Waals surface area contributed by atoms with E-state index in [0.29, 0.717) is 0 Å². The van der Waals surface area contributed by atoms with E-state index in [1.165, 1.54) is 11.1 Å². The summed E-state index contributed by atoms with van der Waals surface area (Å²) >= 11 is 0. The minimum absolute atomic E-state index is 0.243. The minimum Gasteiger partial charge on any atom is -0.497 e. The van der Waals surface area contributed by atoms with Crippen LogP contribution in [0.1, 0.15) is 23.6 Å². The van der Waals surface area contributed by atoms with Gasteiger partial charge in [-0.05, 0) is 31.5 Å². The van der Waals surface area contributed by atoms with E-state index >= 15 is 0 Å². The Morgan fingerprint density at radius 3 is 3.05 bits per heavy atom. The summed E-state index contributed by atoms with van der Waals surface area (Å²) in [6, 6.07) is 4.14. The first-order valence-electron chi connectivity index (χ1n) is 7.72. The molecule has 1 aromatic carbocycles. The Balaban J connectivity index is 1.61. The normalized spacial score (nSPS) is 16.4. The van der Waals surface area contributed by atoms with Gasteiger partial charge in [-0.1, -0.05) is 0 Å². The van der Waals surface area contributed by atoms with E-state index in [4.69, 9.17) is 9.47 Å². The average molecular weight is 301 g/mol. The van der Waals surface area contributed by atoms with E-state index in [9.17, 15) is 0 Å². The molecular weight excluding hydrogens is 278 g/mol. The summed E-state index contributed by atoms with van der Waals surface area (Å²) in [4.78, 5) is 0. The molecule has 5 heteroatoms. The molecule has 0 spiro atoms. The van der Waals surface area contributed by atoms with Crippen LogP contribution in [0.5, 0.6) is 11.5 Å². The van der Waals surface area contributed by atoms with Crippen LogP contribution in [-0.4, -0.2) is 29.5 Å². The van der Waals surface area contributed by atoms with E-state index in [1.54, 1.807) is 7.11 Å². The molecule has 0 saturated carbocycles. The second kappa shape index (κ2) is 6.40. The third-order valence-electron chi connectivity index (χ3n) is 3.87. The number of nitrogens with one attached hydrogen (secondary N) is 1. The number of hydrogen-bond donors (Lipinski definition) is 1. The maximum atomic E-state index is 5.94. The van der Waals surface area contributed by atoms with Gasteiger partial charge in [-0.15, -0.1) is 0 Å². The minimum atomic E-state index is 0.243. The summed E-state index contributed by atoms with van der Waals surface area (Å²) in [5, 5.41) is 7.75. The van der Waals surface area contributed by atoms with E-state index in [0.717, 1.165) is 43.1 Å². The van der Waals surface area contributed by atoms with Gasteiger partial charge in [-0.2, -0.15) is 5.10 Å². The van der Waals surface area contributed by atoms with Crippen molar-refractivity contribution in [1.29, 1.82) is 0 Å². The average Bonchev–Trinajstić information content (AvgIpc) is 3.08. The van der Waals surface area contributed by atoms with Crippen LogP contribution in [-0.2, 0) is 19.5 Å². The van der Waals surface area contributed by atoms with Crippen LogP contribution in [0, 0.1) is 6.92 Å². The lowest BCUT2D eigenvalue weighted by Gasteiger charge is -2.12. The molecule has 0 amide bonds. The quantitative estimate of drug-likeness (QED) is 0.832. The maximum absolute atomic E-state index is 5.94. The molecule has 0 bridgehead atoms. The first-order chi connectivity index (χ1) is 10.7. The highest BCUT2D eigenvalue weighted by atomic mass is 16.5. The molecule has 1 aliphatic heterocycles. The van der Waals surface area contributed by atoms with Crippen molar-refractivity contribution in [3.8, 4) is 11.5 Å². The lowest BCUT2D eigenvalue weighted by molar-refractivity contribution is 0.252. The Bertz CT molecular complexity index is 651. The summed E-state index contributed by atoms with van der Waals surface area (Å²) in [5.41, 5.74) is 3.59. The largest absolute Gasteiger partial charge is 0.497 e. The highest BCUT2D eigenvalue weighted by Gasteiger charge is 2.23. The van der Waals surface area contributed by atoms with Crippen molar-refractivity contribution in [1.82, 2.24) is 15.1 Å². The van der Waals surface area contributed by atoms with Crippen LogP contribution in [0.3, 0.4) is 0 Å². The number of rotatable bonds is 6. The summed E-state index contributed by atoms with van der Waals surface area (Å²) in [5.74, 6) is 1.92. The second-order valence-electron chi connectivity index (χ2n) is 5.86. The van der Waals surface area contributed by atoms with Crippen molar-refractivity contribution >= 4 is 0 Å². The molecule has 22 heavy (non-hydrogen) atoms. The van der Waals surface area contributed by atoms with Gasteiger partial charge >= 0.3 is 0 Å². The Hall–Kier alpha value is -2.01. The highest BCUT2D eigenvalue weighted by Crippen LogP contribution is 2.36. The molecular formula is C17H23N3O2. The number of aryl methyl sites for hydroxylation is 1. The Morgan fingerprint density at radius 2 is 2.32 bits per heavy atom. The zero-order chi connectivity index (χ0) is 15.5. The molecule has 1 aromatic heterocycles. The van der Waals surface area contributed by atoms with Crippen LogP contribution >= 0.6 is 0 Å². The molecule has 1 aliphatic rings. The third-order valence-corrected chi connectivity index (χ3v) is 3.87. The molecule has 0 saturated heterocycles. The van der Waals surface area contributed by atoms with Gasteiger partial charge < -0.3 is 14.8 Å². The molecule has 0 radical (unpaired) electrons. The van der Waals surface area contributed by atoms with E-state index in [-0.39, 0.29) is 6.10 Å². The van der Waals surface area contributed by atoms with E-state index < -0.39 is 0 Å². The van der Waals surface area contributed by atoms with Gasteiger partial charge in [0.05, 0.1) is 19.9 Å². The van der Waals surface area contributed by atoms with Crippen molar-refractivity contribution in [2.24, 2.45) is 0 Å². The zero-order valence-corrected chi connectivity index (χ0v) is 13.4. The SMILES string of the molecule is COc1cc(CNCCn2cc(C)cn2)c2c(c1)CC(C)O2. The monoisotopic (exact) mass is 301 g/mol. The van der Waals surface area contributed by atoms with Crippen LogP contribution in [0.4, 0.5) is 0 Å². The van der Waals surface area contributed by atoms with Crippen LogP contribution in [0.15, 0.2) is 24.5 Å². The Morgan fingerprint density at radius 1 is 1.45 bits per heavy atom. The maximum Gasteiger partial charge on any atom is 0.127 e. The van der Waals surface area contributed by atoms with Crippen molar-refractivity contribution in [2.75, 3.05) is 13.7 Å². The lowest BCUT2D eigenvalue weighted by Crippen LogP contribution is -2.20. The van der Waals surface area contributed by atoms with Gasteiger partial charge in [0.1, 0.15) is 17.6 Å². The molecule has 5 nitrogen and oxygen atoms in total. The number of methoxy groups -OCH3 is 1. The molecule has 1 unspecified atom stereocenters. The van der Waals surface area contributed by atoms with Gasteiger partial charge in [-0.3, -0.25) is 4.68 Å². The number of aromatic nitrogens is 2. The van der Waals surface area contributed by atoms with Crippen molar-refractivity contribution in [3.63, 3.8) is 0 Å². The van der Waals surface area contributed by atoms with Gasteiger partial charge in [0.15, 0.2) is 0 Å². The number of benzene rings is 1. The topological polar surface area (TPSA) is 48.3 Å². The summed E-state index contributed by atoms with van der Waals surface area (Å²) in [7, 11) is 1.71. The first kappa shape index (κ1) is 14.9. The standard InChI is InChI=1S/C17H23N3O2/c1-12-9-19-20(11-12)5-4-18-10-15-8-16(21-3)7-14-6-13(2)22-17(14)15/h7-9,11,13,18H,4-6,10H2,1-3H3. The highest BCUT2D eigenvalue weighted by molar-refractivity contribution is 5.49. The van der Waals surface area contributed by atoms with Gasteiger partial charge in [0.25, 0.3) is 0 Å². The molecule has 2 heterocycles. The predicted octanol–water partition coefficient (Wildman–Crippen LogP) is 2.31. The van der Waals surface area contributed by atoms with Gasteiger partial charge in [0, 0.05) is 36.8 Å². The van der Waals surface area contributed by atoms with Crippen molar-refractivity contribution < 1.29 is 9.47 Å². The number of hydrogen-bond acceptors (Lipinski definition) is 4. The second-order valence-corrected chi connectivity index (χ2v) is 5.86. The lowest BCUT2D eigenvalue weighted by atomic mass is 10.1. The third kappa shape index (κ3) is 3.25. The van der Waals surface area contributed by atoms with Gasteiger partial charge in [-0.25, -0.2) is 0 Å². The molecule has 0 aliphatic carbocycles. The van der Waals surface area contributed by atoms with E-state index in [1.807, 2.05) is 10.9 Å².